The number of aliphatic carboxylic acids is 1. The number of carbonyl (C=O) groups is 1. The number of hydrogen-bond donors (Lipinski definition) is 3. The van der Waals surface area contributed by atoms with Crippen LogP contribution in [-0.4, -0.2) is 23.7 Å². The minimum absolute atomic E-state index is 0.276. The second-order valence-electron chi connectivity index (χ2n) is 3.54. The zero-order valence-corrected chi connectivity index (χ0v) is 8.82. The van der Waals surface area contributed by atoms with Crippen molar-refractivity contribution in [3.63, 3.8) is 0 Å². The second-order valence-corrected chi connectivity index (χ2v) is 3.54. The van der Waals surface area contributed by atoms with E-state index in [4.69, 9.17) is 10.8 Å². The van der Waals surface area contributed by atoms with Gasteiger partial charge in [-0.15, -0.1) is 0 Å². The van der Waals surface area contributed by atoms with Crippen LogP contribution in [0.25, 0.3) is 0 Å². The molecule has 0 aromatic heterocycles. The Bertz CT molecular complexity index is 358. The maximum Gasteiger partial charge on any atom is 0.320 e. The lowest BCUT2D eigenvalue weighted by molar-refractivity contribution is -0.138. The van der Waals surface area contributed by atoms with Crippen LogP contribution >= 0.6 is 0 Å². The molecule has 88 valence electrons. The Balaban J connectivity index is 2.23. The molecular weight excluding hydrogens is 211 g/mol. The van der Waals surface area contributed by atoms with E-state index in [1.54, 1.807) is 12.1 Å². The summed E-state index contributed by atoms with van der Waals surface area (Å²) in [7, 11) is 0. The van der Waals surface area contributed by atoms with E-state index in [0.717, 1.165) is 5.56 Å². The second kappa shape index (κ2) is 6.19. The lowest BCUT2D eigenvalue weighted by atomic mass is 10.2. The Morgan fingerprint density at radius 1 is 1.56 bits per heavy atom. The predicted octanol–water partition coefficient (Wildman–Crippen LogP) is 0.717. The molecule has 4 nitrogen and oxygen atoms in total. The summed E-state index contributed by atoms with van der Waals surface area (Å²) in [4.78, 5) is 10.4. The number of carboxylic acid groups (broad SMARTS) is 1. The molecule has 1 aromatic rings. The summed E-state index contributed by atoms with van der Waals surface area (Å²) in [5, 5.41) is 11.5. The van der Waals surface area contributed by atoms with Crippen molar-refractivity contribution in [1.82, 2.24) is 5.32 Å². The summed E-state index contributed by atoms with van der Waals surface area (Å²) in [6, 6.07) is 5.40. The van der Waals surface area contributed by atoms with Gasteiger partial charge in [-0.2, -0.15) is 0 Å². The van der Waals surface area contributed by atoms with Crippen LogP contribution in [0.2, 0.25) is 0 Å². The molecule has 16 heavy (non-hydrogen) atoms. The third-order valence-electron chi connectivity index (χ3n) is 2.17. The number of nitrogens with two attached hydrogens (primary N) is 1. The first-order valence-corrected chi connectivity index (χ1v) is 5.03. The van der Waals surface area contributed by atoms with E-state index in [9.17, 15) is 9.18 Å². The Morgan fingerprint density at radius 3 is 2.94 bits per heavy atom. The SMILES string of the molecule is NC(CCNCc1cccc(F)c1)C(=O)O. The molecule has 0 aliphatic heterocycles. The van der Waals surface area contributed by atoms with Crippen LogP contribution in [0.3, 0.4) is 0 Å². The number of rotatable bonds is 6. The van der Waals surface area contributed by atoms with Crippen molar-refractivity contribution in [3.05, 3.63) is 35.6 Å². The molecular formula is C11H15FN2O2. The van der Waals surface area contributed by atoms with Gasteiger partial charge in [-0.05, 0) is 30.7 Å². The standard InChI is InChI=1S/C11H15FN2O2/c12-9-3-1-2-8(6-9)7-14-5-4-10(13)11(15)16/h1-3,6,10,14H,4-5,7,13H2,(H,15,16). The van der Waals surface area contributed by atoms with Crippen molar-refractivity contribution in [2.24, 2.45) is 5.73 Å². The molecule has 0 heterocycles. The Kier molecular flexibility index (Phi) is 4.88. The third kappa shape index (κ3) is 4.37. The van der Waals surface area contributed by atoms with Crippen molar-refractivity contribution < 1.29 is 14.3 Å². The maximum atomic E-state index is 12.8. The molecule has 0 aliphatic rings. The van der Waals surface area contributed by atoms with Gasteiger partial charge in [-0.3, -0.25) is 4.79 Å². The van der Waals surface area contributed by atoms with E-state index in [-0.39, 0.29) is 5.82 Å². The van der Waals surface area contributed by atoms with Gasteiger partial charge in [0.2, 0.25) is 0 Å². The molecule has 1 aromatic carbocycles. The Hall–Kier alpha value is -1.46. The predicted molar refractivity (Wildman–Crippen MR) is 58.3 cm³/mol. The number of halogens is 1. The van der Waals surface area contributed by atoms with Gasteiger partial charge >= 0.3 is 5.97 Å². The summed E-state index contributed by atoms with van der Waals surface area (Å²) in [6.45, 7) is 0.994. The van der Waals surface area contributed by atoms with E-state index >= 15 is 0 Å². The van der Waals surface area contributed by atoms with Crippen LogP contribution in [-0.2, 0) is 11.3 Å². The number of hydrogen-bond acceptors (Lipinski definition) is 3. The maximum absolute atomic E-state index is 12.8. The average molecular weight is 226 g/mol. The molecule has 0 aliphatic carbocycles. The fourth-order valence-corrected chi connectivity index (χ4v) is 1.26. The number of nitrogens with one attached hydrogen (secondary N) is 1. The first-order valence-electron chi connectivity index (χ1n) is 5.03. The molecule has 1 unspecified atom stereocenters. The highest BCUT2D eigenvalue weighted by molar-refractivity contribution is 5.72. The normalized spacial score (nSPS) is 12.4. The van der Waals surface area contributed by atoms with Crippen LogP contribution in [0.1, 0.15) is 12.0 Å². The van der Waals surface area contributed by atoms with Crippen LogP contribution in [0.15, 0.2) is 24.3 Å². The third-order valence-corrected chi connectivity index (χ3v) is 2.17. The van der Waals surface area contributed by atoms with Crippen LogP contribution in [0.5, 0.6) is 0 Å². The molecule has 0 saturated heterocycles. The summed E-state index contributed by atoms with van der Waals surface area (Å²) in [5.41, 5.74) is 6.14. The first kappa shape index (κ1) is 12.6. The minimum atomic E-state index is -1.01. The molecule has 0 radical (unpaired) electrons. The molecule has 0 fully saturated rings. The van der Waals surface area contributed by atoms with Gasteiger partial charge in [0.15, 0.2) is 0 Å². The van der Waals surface area contributed by atoms with Crippen LogP contribution in [0, 0.1) is 5.82 Å². The van der Waals surface area contributed by atoms with Gasteiger partial charge in [-0.1, -0.05) is 12.1 Å². The average Bonchev–Trinajstić information content (AvgIpc) is 2.24. The van der Waals surface area contributed by atoms with E-state index in [1.165, 1.54) is 12.1 Å². The zero-order chi connectivity index (χ0) is 12.0. The van der Waals surface area contributed by atoms with Gasteiger partial charge in [-0.25, -0.2) is 4.39 Å². The molecule has 0 spiro atoms. The highest BCUT2D eigenvalue weighted by Gasteiger charge is 2.09. The fourth-order valence-electron chi connectivity index (χ4n) is 1.26. The molecule has 5 heteroatoms. The smallest absolute Gasteiger partial charge is 0.320 e. The van der Waals surface area contributed by atoms with E-state index < -0.39 is 12.0 Å². The number of benzene rings is 1. The first-order chi connectivity index (χ1) is 7.59. The van der Waals surface area contributed by atoms with Crippen LogP contribution in [0.4, 0.5) is 4.39 Å². The summed E-state index contributed by atoms with van der Waals surface area (Å²) in [5.74, 6) is -1.28. The van der Waals surface area contributed by atoms with Gasteiger partial charge in [0.05, 0.1) is 0 Å². The fraction of sp³-hybridized carbons (Fsp3) is 0.364. The summed E-state index contributed by atoms with van der Waals surface area (Å²) >= 11 is 0. The van der Waals surface area contributed by atoms with Gasteiger partial charge in [0, 0.05) is 6.54 Å². The monoisotopic (exact) mass is 226 g/mol. The molecule has 4 N–H and O–H groups in total. The van der Waals surface area contributed by atoms with Gasteiger partial charge in [0.1, 0.15) is 11.9 Å². The van der Waals surface area contributed by atoms with Crippen molar-refractivity contribution in [1.29, 1.82) is 0 Å². The molecule has 0 saturated carbocycles. The zero-order valence-electron chi connectivity index (χ0n) is 8.82. The minimum Gasteiger partial charge on any atom is -0.480 e. The molecule has 0 amide bonds. The van der Waals surface area contributed by atoms with Crippen molar-refractivity contribution in [2.45, 2.75) is 19.0 Å². The Labute approximate surface area is 93.3 Å². The van der Waals surface area contributed by atoms with Gasteiger partial charge < -0.3 is 16.2 Å². The molecule has 1 atom stereocenters. The lowest BCUT2D eigenvalue weighted by Crippen LogP contribution is -2.33. The highest BCUT2D eigenvalue weighted by Crippen LogP contribution is 2.02. The highest BCUT2D eigenvalue weighted by atomic mass is 19.1. The molecule has 1 rings (SSSR count). The van der Waals surface area contributed by atoms with E-state index in [1.807, 2.05) is 0 Å². The number of carboxylic acids is 1. The Morgan fingerprint density at radius 2 is 2.31 bits per heavy atom. The lowest BCUT2D eigenvalue weighted by Gasteiger charge is -2.07. The molecule has 0 bridgehead atoms. The quantitative estimate of drug-likeness (QED) is 0.625. The van der Waals surface area contributed by atoms with Crippen LogP contribution < -0.4 is 11.1 Å². The van der Waals surface area contributed by atoms with Crippen molar-refractivity contribution in [2.75, 3.05) is 6.54 Å². The van der Waals surface area contributed by atoms with E-state index in [0.29, 0.717) is 19.5 Å². The van der Waals surface area contributed by atoms with Crippen molar-refractivity contribution in [3.8, 4) is 0 Å². The van der Waals surface area contributed by atoms with Crippen molar-refractivity contribution >= 4 is 5.97 Å². The summed E-state index contributed by atoms with van der Waals surface area (Å²) in [6.07, 6.45) is 0.352. The topological polar surface area (TPSA) is 75.3 Å². The van der Waals surface area contributed by atoms with E-state index in [2.05, 4.69) is 5.32 Å². The van der Waals surface area contributed by atoms with Gasteiger partial charge in [0.25, 0.3) is 0 Å². The largest absolute Gasteiger partial charge is 0.480 e. The summed E-state index contributed by atoms with van der Waals surface area (Å²) < 4.78 is 12.8.